The molecule has 1 aliphatic heterocycles. The van der Waals surface area contributed by atoms with E-state index in [1.54, 1.807) is 23.5 Å². The van der Waals surface area contributed by atoms with Crippen molar-refractivity contribution < 1.29 is 14.3 Å². The third kappa shape index (κ3) is 5.04. The molecule has 0 aliphatic carbocycles. The maximum atomic E-state index is 11.8. The average molecular weight is 361 g/mol. The zero-order valence-electron chi connectivity index (χ0n) is 13.2. The van der Waals surface area contributed by atoms with Crippen LogP contribution in [0.2, 0.25) is 0 Å². The smallest absolute Gasteiger partial charge is 0.244 e. The summed E-state index contributed by atoms with van der Waals surface area (Å²) in [5, 5.41) is 4.98. The number of thiophene rings is 1. The van der Waals surface area contributed by atoms with Gasteiger partial charge in [0.15, 0.2) is 11.5 Å². The summed E-state index contributed by atoms with van der Waals surface area (Å²) in [6.45, 7) is 1.80. The Balaban J connectivity index is 1.39. The van der Waals surface area contributed by atoms with Gasteiger partial charge in [0, 0.05) is 29.0 Å². The topological polar surface area (TPSA) is 47.6 Å². The van der Waals surface area contributed by atoms with Crippen molar-refractivity contribution in [3.8, 4) is 11.5 Å². The standard InChI is InChI=1S/C18H19NO3S2/c20-18(19-7-11-23-13-15-2-1-10-24-15)6-4-14-3-5-16-17(12-14)22-9-8-21-16/h1-6,10,12H,7-9,11,13H2,(H,19,20)/b6-4+. The number of fused-ring (bicyclic) bond motifs is 1. The van der Waals surface area contributed by atoms with Gasteiger partial charge >= 0.3 is 0 Å². The third-order valence-corrected chi connectivity index (χ3v) is 5.43. The molecule has 1 amide bonds. The Labute approximate surface area is 149 Å². The van der Waals surface area contributed by atoms with E-state index in [2.05, 4.69) is 22.8 Å². The van der Waals surface area contributed by atoms with Crippen LogP contribution in [0, 0.1) is 0 Å². The molecule has 2 aromatic rings. The summed E-state index contributed by atoms with van der Waals surface area (Å²) in [6.07, 6.45) is 3.34. The second-order valence-electron chi connectivity index (χ2n) is 5.16. The van der Waals surface area contributed by atoms with Gasteiger partial charge in [-0.05, 0) is 35.2 Å². The quantitative estimate of drug-likeness (QED) is 0.605. The van der Waals surface area contributed by atoms with Gasteiger partial charge in [-0.3, -0.25) is 4.79 Å². The van der Waals surface area contributed by atoms with Gasteiger partial charge in [-0.15, -0.1) is 11.3 Å². The third-order valence-electron chi connectivity index (χ3n) is 3.36. The second-order valence-corrected chi connectivity index (χ2v) is 7.30. The van der Waals surface area contributed by atoms with Gasteiger partial charge in [-0.25, -0.2) is 0 Å². The Bertz CT molecular complexity index is 698. The molecule has 0 atom stereocenters. The first-order valence-corrected chi connectivity index (χ1v) is 9.80. The van der Waals surface area contributed by atoms with Gasteiger partial charge in [0.2, 0.25) is 5.91 Å². The molecule has 3 rings (SSSR count). The summed E-state index contributed by atoms with van der Waals surface area (Å²) in [5.74, 6) is 3.31. The number of hydrogen-bond donors (Lipinski definition) is 1. The average Bonchev–Trinajstić information content (AvgIpc) is 3.13. The lowest BCUT2D eigenvalue weighted by molar-refractivity contribution is -0.116. The van der Waals surface area contributed by atoms with Crippen LogP contribution in [0.15, 0.2) is 41.8 Å². The van der Waals surface area contributed by atoms with Crippen LogP contribution in [0.3, 0.4) is 0 Å². The molecule has 1 aliphatic rings. The Morgan fingerprint density at radius 1 is 1.25 bits per heavy atom. The Kier molecular flexibility index (Phi) is 6.20. The predicted octanol–water partition coefficient (Wildman–Crippen LogP) is 3.58. The number of carbonyl (C=O) groups excluding carboxylic acids is 1. The molecule has 0 spiro atoms. The van der Waals surface area contributed by atoms with Gasteiger partial charge in [-0.1, -0.05) is 12.1 Å². The molecule has 1 N–H and O–H groups in total. The number of thioether (sulfide) groups is 1. The monoisotopic (exact) mass is 361 g/mol. The fourth-order valence-electron chi connectivity index (χ4n) is 2.21. The van der Waals surface area contributed by atoms with E-state index >= 15 is 0 Å². The molecule has 0 radical (unpaired) electrons. The number of carbonyl (C=O) groups is 1. The van der Waals surface area contributed by atoms with E-state index in [1.165, 1.54) is 4.88 Å². The number of nitrogens with one attached hydrogen (secondary N) is 1. The first-order valence-electron chi connectivity index (χ1n) is 7.77. The van der Waals surface area contributed by atoms with Crippen molar-refractivity contribution in [3.05, 3.63) is 52.2 Å². The molecule has 0 bridgehead atoms. The van der Waals surface area contributed by atoms with Crippen molar-refractivity contribution >= 4 is 35.1 Å². The van der Waals surface area contributed by atoms with E-state index in [0.717, 1.165) is 28.6 Å². The van der Waals surface area contributed by atoms with E-state index in [9.17, 15) is 4.79 Å². The van der Waals surface area contributed by atoms with Crippen LogP contribution < -0.4 is 14.8 Å². The van der Waals surface area contributed by atoms with E-state index < -0.39 is 0 Å². The molecular weight excluding hydrogens is 342 g/mol. The van der Waals surface area contributed by atoms with Crippen molar-refractivity contribution in [2.75, 3.05) is 25.5 Å². The molecular formula is C18H19NO3S2. The number of ether oxygens (including phenoxy) is 2. The van der Waals surface area contributed by atoms with Crippen LogP contribution in [-0.4, -0.2) is 31.4 Å². The molecule has 1 aromatic heterocycles. The summed E-state index contributed by atoms with van der Waals surface area (Å²) in [5.41, 5.74) is 0.918. The summed E-state index contributed by atoms with van der Waals surface area (Å²) < 4.78 is 11.0. The highest BCUT2D eigenvalue weighted by molar-refractivity contribution is 7.98. The van der Waals surface area contributed by atoms with Gasteiger partial charge in [0.1, 0.15) is 13.2 Å². The number of benzene rings is 1. The minimum absolute atomic E-state index is 0.0818. The summed E-state index contributed by atoms with van der Waals surface area (Å²) >= 11 is 3.59. The van der Waals surface area contributed by atoms with E-state index in [1.807, 2.05) is 30.0 Å². The SMILES string of the molecule is O=C(/C=C/c1ccc2c(c1)OCCO2)NCCSCc1cccs1. The number of rotatable bonds is 7. The van der Waals surface area contributed by atoms with E-state index in [-0.39, 0.29) is 5.91 Å². The van der Waals surface area contributed by atoms with Crippen molar-refractivity contribution in [1.29, 1.82) is 0 Å². The van der Waals surface area contributed by atoms with Gasteiger partial charge < -0.3 is 14.8 Å². The van der Waals surface area contributed by atoms with Crippen molar-refractivity contribution in [2.45, 2.75) is 5.75 Å². The van der Waals surface area contributed by atoms with Crippen LogP contribution in [0.5, 0.6) is 11.5 Å². The van der Waals surface area contributed by atoms with Crippen LogP contribution >= 0.6 is 23.1 Å². The van der Waals surface area contributed by atoms with Crippen molar-refractivity contribution in [3.63, 3.8) is 0 Å². The van der Waals surface area contributed by atoms with E-state index in [0.29, 0.717) is 19.8 Å². The Hall–Kier alpha value is -1.92. The second kappa shape index (κ2) is 8.80. The van der Waals surface area contributed by atoms with Crippen molar-refractivity contribution in [1.82, 2.24) is 5.32 Å². The Morgan fingerprint density at radius 3 is 2.96 bits per heavy atom. The number of amides is 1. The van der Waals surface area contributed by atoms with Crippen molar-refractivity contribution in [2.24, 2.45) is 0 Å². The Morgan fingerprint density at radius 2 is 2.12 bits per heavy atom. The first kappa shape index (κ1) is 16.9. The van der Waals surface area contributed by atoms with Gasteiger partial charge in [0.05, 0.1) is 0 Å². The molecule has 0 fully saturated rings. The predicted molar refractivity (Wildman–Crippen MR) is 100.0 cm³/mol. The molecule has 0 saturated heterocycles. The highest BCUT2D eigenvalue weighted by Crippen LogP contribution is 2.31. The summed E-state index contributed by atoms with van der Waals surface area (Å²) in [6, 6.07) is 9.86. The molecule has 0 saturated carbocycles. The van der Waals surface area contributed by atoms with Crippen LogP contribution in [0.25, 0.3) is 6.08 Å². The summed E-state index contributed by atoms with van der Waals surface area (Å²) in [7, 11) is 0. The lowest BCUT2D eigenvalue weighted by Gasteiger charge is -2.18. The molecule has 126 valence electrons. The fraction of sp³-hybridized carbons (Fsp3) is 0.278. The van der Waals surface area contributed by atoms with Gasteiger partial charge in [-0.2, -0.15) is 11.8 Å². The maximum absolute atomic E-state index is 11.8. The molecule has 0 unspecified atom stereocenters. The molecule has 4 nitrogen and oxygen atoms in total. The van der Waals surface area contributed by atoms with Gasteiger partial charge in [0.25, 0.3) is 0 Å². The maximum Gasteiger partial charge on any atom is 0.244 e. The molecule has 24 heavy (non-hydrogen) atoms. The first-order chi connectivity index (χ1) is 11.8. The highest BCUT2D eigenvalue weighted by Gasteiger charge is 2.10. The largest absolute Gasteiger partial charge is 0.486 e. The highest BCUT2D eigenvalue weighted by atomic mass is 32.2. The lowest BCUT2D eigenvalue weighted by atomic mass is 10.2. The van der Waals surface area contributed by atoms with Crippen LogP contribution in [0.4, 0.5) is 0 Å². The van der Waals surface area contributed by atoms with Crippen LogP contribution in [-0.2, 0) is 10.5 Å². The summed E-state index contributed by atoms with van der Waals surface area (Å²) in [4.78, 5) is 13.2. The fourth-order valence-corrected chi connectivity index (χ4v) is 3.91. The number of hydrogen-bond acceptors (Lipinski definition) is 5. The molecule has 2 heterocycles. The van der Waals surface area contributed by atoms with Crippen LogP contribution in [0.1, 0.15) is 10.4 Å². The minimum atomic E-state index is -0.0818. The van der Waals surface area contributed by atoms with E-state index in [4.69, 9.17) is 9.47 Å². The normalized spacial score (nSPS) is 13.2. The minimum Gasteiger partial charge on any atom is -0.486 e. The zero-order valence-corrected chi connectivity index (χ0v) is 14.8. The molecule has 1 aromatic carbocycles. The lowest BCUT2D eigenvalue weighted by Crippen LogP contribution is -2.23. The zero-order chi connectivity index (χ0) is 16.6. The molecule has 6 heteroatoms.